The summed E-state index contributed by atoms with van der Waals surface area (Å²) in [5, 5.41) is 11.8. The first-order chi connectivity index (χ1) is 13.1. The Bertz CT molecular complexity index is 1090. The molecule has 0 unspecified atom stereocenters. The Hall–Kier alpha value is -2.75. The van der Waals surface area contributed by atoms with Gasteiger partial charge in [0.15, 0.2) is 5.52 Å². The van der Waals surface area contributed by atoms with Gasteiger partial charge in [-0.2, -0.15) is 5.10 Å². The van der Waals surface area contributed by atoms with Gasteiger partial charge < -0.3 is 4.74 Å². The third kappa shape index (κ3) is 2.47. The molecule has 27 heavy (non-hydrogen) atoms. The molecule has 1 aromatic carbocycles. The molecular formula is C17H14F3N5O2. The van der Waals surface area contributed by atoms with Crippen LogP contribution in [0.25, 0.3) is 11.0 Å². The predicted molar refractivity (Wildman–Crippen MR) is 86.9 cm³/mol. The molecule has 2 aliphatic rings. The van der Waals surface area contributed by atoms with Gasteiger partial charge in [-0.1, -0.05) is 23.4 Å². The molecule has 1 aliphatic heterocycles. The van der Waals surface area contributed by atoms with Crippen LogP contribution in [-0.2, 0) is 11.3 Å². The maximum Gasteiger partial charge on any atom is 0.298 e. The highest BCUT2D eigenvalue weighted by atomic mass is 19.3. The Labute approximate surface area is 150 Å². The van der Waals surface area contributed by atoms with Crippen molar-refractivity contribution in [2.75, 3.05) is 13.2 Å². The van der Waals surface area contributed by atoms with Crippen molar-refractivity contribution in [1.29, 1.82) is 0 Å². The van der Waals surface area contributed by atoms with E-state index in [0.717, 1.165) is 4.68 Å². The number of halogens is 3. The van der Waals surface area contributed by atoms with E-state index >= 15 is 0 Å². The van der Waals surface area contributed by atoms with Gasteiger partial charge in [0.05, 0.1) is 25.8 Å². The van der Waals surface area contributed by atoms with Gasteiger partial charge in [0.1, 0.15) is 17.0 Å². The van der Waals surface area contributed by atoms with Gasteiger partial charge in [0.25, 0.3) is 12.0 Å². The van der Waals surface area contributed by atoms with Crippen molar-refractivity contribution < 1.29 is 17.9 Å². The second-order valence-corrected chi connectivity index (χ2v) is 6.83. The average Bonchev–Trinajstić information content (AvgIpc) is 2.98. The molecule has 1 saturated carbocycles. The average molecular weight is 377 g/mol. The number of rotatable bonds is 4. The van der Waals surface area contributed by atoms with Crippen molar-refractivity contribution >= 4 is 11.0 Å². The Balaban J connectivity index is 1.61. The SMILES string of the molecule is O=c1c2nn(Cc3ccccc3F)c(C(F)F)c2nnn1[C@H]1[C@@H]2COC[C@@H]21. The number of benzene rings is 1. The fourth-order valence-electron chi connectivity index (χ4n) is 3.84. The van der Waals surface area contributed by atoms with Crippen LogP contribution in [0.15, 0.2) is 29.1 Å². The lowest BCUT2D eigenvalue weighted by Crippen LogP contribution is -2.26. The Kier molecular flexibility index (Phi) is 3.58. The van der Waals surface area contributed by atoms with Crippen LogP contribution < -0.4 is 5.56 Å². The van der Waals surface area contributed by atoms with E-state index in [9.17, 15) is 18.0 Å². The third-order valence-electron chi connectivity index (χ3n) is 5.29. The largest absolute Gasteiger partial charge is 0.381 e. The zero-order chi connectivity index (χ0) is 18.7. The number of ether oxygens (including phenoxy) is 1. The summed E-state index contributed by atoms with van der Waals surface area (Å²) in [6, 6.07) is 5.69. The van der Waals surface area contributed by atoms with Crippen LogP contribution in [0.2, 0.25) is 0 Å². The summed E-state index contributed by atoms with van der Waals surface area (Å²) in [4.78, 5) is 12.8. The number of aromatic nitrogens is 5. The molecule has 10 heteroatoms. The van der Waals surface area contributed by atoms with Crippen molar-refractivity contribution in [3.05, 3.63) is 51.7 Å². The van der Waals surface area contributed by atoms with Gasteiger partial charge in [-0.25, -0.2) is 17.9 Å². The molecule has 7 nitrogen and oxygen atoms in total. The first kappa shape index (κ1) is 16.4. The number of nitrogens with zero attached hydrogens (tertiary/aromatic N) is 5. The first-order valence-electron chi connectivity index (χ1n) is 8.51. The Morgan fingerprint density at radius 2 is 1.93 bits per heavy atom. The Morgan fingerprint density at radius 3 is 2.63 bits per heavy atom. The van der Waals surface area contributed by atoms with E-state index in [1.54, 1.807) is 6.07 Å². The minimum absolute atomic E-state index is 0.130. The third-order valence-corrected chi connectivity index (χ3v) is 5.29. The maximum absolute atomic E-state index is 13.9. The van der Waals surface area contributed by atoms with Gasteiger partial charge in [-0.3, -0.25) is 9.48 Å². The smallest absolute Gasteiger partial charge is 0.298 e. The Morgan fingerprint density at radius 1 is 1.19 bits per heavy atom. The van der Waals surface area contributed by atoms with Crippen LogP contribution in [-0.4, -0.2) is 38.0 Å². The highest BCUT2D eigenvalue weighted by Crippen LogP contribution is 2.53. The van der Waals surface area contributed by atoms with Gasteiger partial charge >= 0.3 is 0 Å². The summed E-state index contributed by atoms with van der Waals surface area (Å²) in [7, 11) is 0. The molecule has 3 heterocycles. The van der Waals surface area contributed by atoms with E-state index in [1.807, 2.05) is 0 Å². The lowest BCUT2D eigenvalue weighted by molar-refractivity contribution is 0.141. The molecule has 2 aromatic heterocycles. The number of alkyl halides is 2. The van der Waals surface area contributed by atoms with Crippen LogP contribution in [0.3, 0.4) is 0 Å². The summed E-state index contributed by atoms with van der Waals surface area (Å²) in [6.45, 7) is 0.863. The zero-order valence-electron chi connectivity index (χ0n) is 13.9. The summed E-state index contributed by atoms with van der Waals surface area (Å²) in [5.74, 6) is -0.138. The van der Waals surface area contributed by atoms with Crippen molar-refractivity contribution in [2.45, 2.75) is 19.0 Å². The second kappa shape index (κ2) is 5.88. The number of hydrogen-bond donors (Lipinski definition) is 0. The molecule has 1 saturated heterocycles. The molecule has 0 radical (unpaired) electrons. The van der Waals surface area contributed by atoms with Crippen molar-refractivity contribution in [3.8, 4) is 0 Å². The summed E-state index contributed by atoms with van der Waals surface area (Å²) >= 11 is 0. The lowest BCUT2D eigenvalue weighted by Gasteiger charge is -2.07. The van der Waals surface area contributed by atoms with Crippen LogP contribution in [0.4, 0.5) is 13.2 Å². The van der Waals surface area contributed by atoms with E-state index in [0.29, 0.717) is 13.2 Å². The number of fused-ring (bicyclic) bond motifs is 2. The molecule has 140 valence electrons. The summed E-state index contributed by atoms with van der Waals surface area (Å²) in [6.07, 6.45) is -2.93. The lowest BCUT2D eigenvalue weighted by atomic mass is 10.2. The molecule has 1 aliphatic carbocycles. The monoisotopic (exact) mass is 377 g/mol. The quantitative estimate of drug-likeness (QED) is 0.695. The highest BCUT2D eigenvalue weighted by Gasteiger charge is 2.56. The van der Waals surface area contributed by atoms with Gasteiger partial charge in [-0.15, -0.1) is 5.10 Å². The van der Waals surface area contributed by atoms with E-state index in [-0.39, 0.29) is 41.0 Å². The predicted octanol–water partition coefficient (Wildman–Crippen LogP) is 1.93. The van der Waals surface area contributed by atoms with Crippen LogP contribution in [0.1, 0.15) is 23.7 Å². The van der Waals surface area contributed by atoms with Crippen molar-refractivity contribution in [3.63, 3.8) is 0 Å². The van der Waals surface area contributed by atoms with E-state index in [1.165, 1.54) is 22.9 Å². The molecule has 2 fully saturated rings. The first-order valence-corrected chi connectivity index (χ1v) is 8.51. The second-order valence-electron chi connectivity index (χ2n) is 6.83. The minimum atomic E-state index is -2.93. The van der Waals surface area contributed by atoms with E-state index in [4.69, 9.17) is 4.74 Å². The molecule has 0 spiro atoms. The molecule has 3 atom stereocenters. The molecule has 3 aromatic rings. The van der Waals surface area contributed by atoms with Crippen molar-refractivity contribution in [2.24, 2.45) is 11.8 Å². The number of hydrogen-bond acceptors (Lipinski definition) is 5. The van der Waals surface area contributed by atoms with E-state index in [2.05, 4.69) is 15.4 Å². The van der Waals surface area contributed by atoms with Crippen LogP contribution in [0, 0.1) is 17.7 Å². The fourth-order valence-corrected chi connectivity index (χ4v) is 3.84. The fraction of sp³-hybridized carbons (Fsp3) is 0.412. The van der Waals surface area contributed by atoms with Gasteiger partial charge in [0.2, 0.25) is 0 Å². The normalized spacial score (nSPS) is 23.9. The summed E-state index contributed by atoms with van der Waals surface area (Å²) < 4.78 is 48.6. The minimum Gasteiger partial charge on any atom is -0.381 e. The van der Waals surface area contributed by atoms with Crippen LogP contribution in [0.5, 0.6) is 0 Å². The highest BCUT2D eigenvalue weighted by molar-refractivity contribution is 5.75. The van der Waals surface area contributed by atoms with Gasteiger partial charge in [0, 0.05) is 17.4 Å². The summed E-state index contributed by atoms with van der Waals surface area (Å²) in [5.41, 5.74) is -1.33. The topological polar surface area (TPSA) is 74.8 Å². The maximum atomic E-state index is 13.9. The standard InChI is InChI=1S/C17H14F3N5O2/c18-11-4-2-1-3-8(11)5-24-15(16(19)20)12-13(22-24)17(26)25(23-21-12)14-9-6-27-7-10(9)14/h1-4,9-10,14,16H,5-7H2/t9-,10+,14+. The van der Waals surface area contributed by atoms with E-state index < -0.39 is 23.5 Å². The van der Waals surface area contributed by atoms with Gasteiger partial charge in [-0.05, 0) is 6.07 Å². The molecular weight excluding hydrogens is 363 g/mol. The van der Waals surface area contributed by atoms with Crippen LogP contribution >= 0.6 is 0 Å². The molecule has 5 rings (SSSR count). The molecule has 0 N–H and O–H groups in total. The van der Waals surface area contributed by atoms with Crippen molar-refractivity contribution in [1.82, 2.24) is 24.8 Å². The zero-order valence-corrected chi connectivity index (χ0v) is 13.9. The molecule has 0 bridgehead atoms. The molecule has 0 amide bonds.